The summed E-state index contributed by atoms with van der Waals surface area (Å²) in [5.41, 5.74) is 4.02. The van der Waals surface area contributed by atoms with Crippen molar-refractivity contribution in [2.75, 3.05) is 7.05 Å². The summed E-state index contributed by atoms with van der Waals surface area (Å²) in [6.45, 7) is 1.25. The molecule has 148 valence electrons. The van der Waals surface area contributed by atoms with Gasteiger partial charge in [-0.2, -0.15) is 0 Å². The Bertz CT molecular complexity index is 1300. The minimum atomic E-state index is 0.597. The van der Waals surface area contributed by atoms with Crippen LogP contribution in [0, 0.1) is 0 Å². The third-order valence-electron chi connectivity index (χ3n) is 4.89. The van der Waals surface area contributed by atoms with Crippen molar-refractivity contribution in [3.63, 3.8) is 0 Å². The van der Waals surface area contributed by atoms with Crippen molar-refractivity contribution in [1.29, 1.82) is 0 Å². The molecule has 5 rings (SSSR count). The van der Waals surface area contributed by atoms with Crippen molar-refractivity contribution in [1.82, 2.24) is 29.1 Å². The maximum absolute atomic E-state index is 4.91. The molecule has 0 spiro atoms. The molecule has 7 nitrogen and oxygen atoms in total. The number of thiazole rings is 1. The van der Waals surface area contributed by atoms with E-state index >= 15 is 0 Å². The van der Waals surface area contributed by atoms with Crippen molar-refractivity contribution >= 4 is 28.6 Å². The van der Waals surface area contributed by atoms with Crippen LogP contribution in [0.5, 0.6) is 0 Å². The first kappa shape index (κ1) is 18.4. The molecule has 0 saturated heterocycles. The summed E-state index contributed by atoms with van der Waals surface area (Å²) in [6, 6.07) is 12.2. The average molecular weight is 414 g/mol. The molecule has 0 unspecified atom stereocenters. The lowest BCUT2D eigenvalue weighted by atomic mass is 10.1. The SMILES string of the molecule is CN=CCn1c(Cn2ccnc2-c2nccs2)nc2ccc(-c3ccccn3)cc21. The molecule has 0 aliphatic rings. The summed E-state index contributed by atoms with van der Waals surface area (Å²) in [6.07, 6.45) is 9.27. The molecule has 0 amide bonds. The van der Waals surface area contributed by atoms with E-state index in [1.165, 1.54) is 0 Å². The molecule has 0 aliphatic carbocycles. The van der Waals surface area contributed by atoms with Crippen LogP contribution in [0.4, 0.5) is 0 Å². The van der Waals surface area contributed by atoms with Crippen LogP contribution >= 0.6 is 11.3 Å². The van der Waals surface area contributed by atoms with E-state index in [1.807, 2.05) is 42.2 Å². The molecule has 0 fully saturated rings. The summed E-state index contributed by atoms with van der Waals surface area (Å²) >= 11 is 1.58. The van der Waals surface area contributed by atoms with Crippen LogP contribution in [-0.2, 0) is 13.1 Å². The number of hydrogen-bond donors (Lipinski definition) is 0. The van der Waals surface area contributed by atoms with E-state index in [0.717, 1.165) is 38.9 Å². The van der Waals surface area contributed by atoms with E-state index in [1.54, 1.807) is 30.8 Å². The molecular formula is C22H19N7S. The van der Waals surface area contributed by atoms with Gasteiger partial charge in [-0.3, -0.25) is 9.98 Å². The molecule has 0 aliphatic heterocycles. The lowest BCUT2D eigenvalue weighted by Crippen LogP contribution is -2.10. The molecule has 0 saturated carbocycles. The van der Waals surface area contributed by atoms with E-state index in [0.29, 0.717) is 13.1 Å². The number of benzene rings is 1. The van der Waals surface area contributed by atoms with Crippen LogP contribution in [0.3, 0.4) is 0 Å². The minimum Gasteiger partial charge on any atom is -0.321 e. The summed E-state index contributed by atoms with van der Waals surface area (Å²) < 4.78 is 4.28. The quantitative estimate of drug-likeness (QED) is 0.392. The van der Waals surface area contributed by atoms with Gasteiger partial charge in [-0.05, 0) is 24.3 Å². The highest BCUT2D eigenvalue weighted by Crippen LogP contribution is 2.26. The summed E-state index contributed by atoms with van der Waals surface area (Å²) in [7, 11) is 1.79. The zero-order valence-electron chi connectivity index (χ0n) is 16.4. The van der Waals surface area contributed by atoms with Crippen LogP contribution in [-0.4, -0.2) is 42.3 Å². The second-order valence-electron chi connectivity index (χ2n) is 6.71. The zero-order valence-corrected chi connectivity index (χ0v) is 17.2. The van der Waals surface area contributed by atoms with E-state index in [-0.39, 0.29) is 0 Å². The fourth-order valence-electron chi connectivity index (χ4n) is 3.47. The molecule has 0 radical (unpaired) electrons. The molecule has 5 aromatic rings. The fourth-order valence-corrected chi connectivity index (χ4v) is 4.12. The molecule has 4 heterocycles. The van der Waals surface area contributed by atoms with Crippen molar-refractivity contribution in [3.05, 3.63) is 72.4 Å². The number of imidazole rings is 2. The number of hydrogen-bond acceptors (Lipinski definition) is 6. The van der Waals surface area contributed by atoms with Crippen molar-refractivity contribution in [3.8, 4) is 22.1 Å². The van der Waals surface area contributed by atoms with E-state index in [4.69, 9.17) is 4.98 Å². The molecule has 8 heteroatoms. The highest BCUT2D eigenvalue weighted by Gasteiger charge is 2.15. The van der Waals surface area contributed by atoms with Gasteiger partial charge in [0.25, 0.3) is 0 Å². The van der Waals surface area contributed by atoms with E-state index in [9.17, 15) is 0 Å². The van der Waals surface area contributed by atoms with Crippen LogP contribution in [0.15, 0.2) is 71.6 Å². The predicted molar refractivity (Wildman–Crippen MR) is 120 cm³/mol. The first-order valence-electron chi connectivity index (χ1n) is 9.55. The highest BCUT2D eigenvalue weighted by molar-refractivity contribution is 7.13. The maximum Gasteiger partial charge on any atom is 0.169 e. The normalized spacial score (nSPS) is 11.6. The number of aliphatic imine (C=N–C) groups is 1. The van der Waals surface area contributed by atoms with Crippen LogP contribution < -0.4 is 0 Å². The van der Waals surface area contributed by atoms with Gasteiger partial charge >= 0.3 is 0 Å². The smallest absolute Gasteiger partial charge is 0.169 e. The second kappa shape index (κ2) is 8.00. The number of aromatic nitrogens is 6. The number of nitrogens with zero attached hydrogens (tertiary/aromatic N) is 7. The highest BCUT2D eigenvalue weighted by atomic mass is 32.1. The van der Waals surface area contributed by atoms with Crippen molar-refractivity contribution in [2.24, 2.45) is 4.99 Å². The average Bonchev–Trinajstić information content (AvgIpc) is 3.53. The van der Waals surface area contributed by atoms with Gasteiger partial charge in [0.15, 0.2) is 10.8 Å². The first-order chi connectivity index (χ1) is 14.8. The Morgan fingerprint density at radius 3 is 2.83 bits per heavy atom. The Morgan fingerprint density at radius 2 is 2.03 bits per heavy atom. The summed E-state index contributed by atoms with van der Waals surface area (Å²) in [5, 5.41) is 2.86. The lowest BCUT2D eigenvalue weighted by Gasteiger charge is -2.09. The number of rotatable bonds is 6. The number of fused-ring (bicyclic) bond motifs is 1. The first-order valence-corrected chi connectivity index (χ1v) is 10.4. The van der Waals surface area contributed by atoms with Gasteiger partial charge in [0, 0.05) is 49.0 Å². The van der Waals surface area contributed by atoms with Crippen LogP contribution in [0.1, 0.15) is 5.82 Å². The predicted octanol–water partition coefficient (Wildman–Crippen LogP) is 4.17. The monoisotopic (exact) mass is 413 g/mol. The minimum absolute atomic E-state index is 0.597. The zero-order chi connectivity index (χ0) is 20.3. The Labute approximate surface area is 177 Å². The van der Waals surface area contributed by atoms with Gasteiger partial charge in [0.1, 0.15) is 5.82 Å². The third kappa shape index (κ3) is 3.42. The molecule has 4 aromatic heterocycles. The standard InChI is InChI=1S/C22H19N7S/c1-23-8-12-29-19-14-16(17-4-2-3-7-24-17)5-6-18(19)27-20(29)15-28-11-9-25-21(28)22-26-10-13-30-22/h2-11,13-14H,12,15H2,1H3. The summed E-state index contributed by atoms with van der Waals surface area (Å²) in [4.78, 5) is 22.5. The molecule has 0 N–H and O–H groups in total. The number of pyridine rings is 1. The van der Waals surface area contributed by atoms with E-state index < -0.39 is 0 Å². The van der Waals surface area contributed by atoms with Gasteiger partial charge < -0.3 is 9.13 Å². The molecule has 0 atom stereocenters. The van der Waals surface area contributed by atoms with Crippen molar-refractivity contribution < 1.29 is 0 Å². The van der Waals surface area contributed by atoms with E-state index in [2.05, 4.69) is 47.3 Å². The molecule has 30 heavy (non-hydrogen) atoms. The Morgan fingerprint density at radius 1 is 1.07 bits per heavy atom. The Balaban J connectivity index is 1.59. The molecule has 0 bridgehead atoms. The van der Waals surface area contributed by atoms with Gasteiger partial charge in [-0.25, -0.2) is 15.0 Å². The van der Waals surface area contributed by atoms with Gasteiger partial charge in [0.05, 0.1) is 29.8 Å². The topological polar surface area (TPSA) is 73.8 Å². The Hall–Kier alpha value is -3.65. The fraction of sp³-hybridized carbons (Fsp3) is 0.136. The van der Waals surface area contributed by atoms with Crippen LogP contribution in [0.25, 0.3) is 33.1 Å². The third-order valence-corrected chi connectivity index (χ3v) is 5.65. The maximum atomic E-state index is 4.91. The lowest BCUT2D eigenvalue weighted by molar-refractivity contribution is 0.700. The van der Waals surface area contributed by atoms with Crippen LogP contribution in [0.2, 0.25) is 0 Å². The largest absolute Gasteiger partial charge is 0.321 e. The molecule has 1 aromatic carbocycles. The van der Waals surface area contributed by atoms with Gasteiger partial charge in [-0.15, -0.1) is 11.3 Å². The van der Waals surface area contributed by atoms with Crippen molar-refractivity contribution in [2.45, 2.75) is 13.1 Å². The Kier molecular flexibility index (Phi) is 4.90. The second-order valence-corrected chi connectivity index (χ2v) is 7.61. The van der Waals surface area contributed by atoms with Gasteiger partial charge in [-0.1, -0.05) is 12.1 Å². The molecular weight excluding hydrogens is 394 g/mol. The van der Waals surface area contributed by atoms with Gasteiger partial charge in [0.2, 0.25) is 0 Å². The summed E-state index contributed by atoms with van der Waals surface area (Å²) in [5.74, 6) is 1.79.